The average Bonchev–Trinajstić information content (AvgIpc) is 3.16. The van der Waals surface area contributed by atoms with E-state index in [-0.39, 0.29) is 18.4 Å². The van der Waals surface area contributed by atoms with Gasteiger partial charge in [0, 0.05) is 36.7 Å². The van der Waals surface area contributed by atoms with E-state index in [1.54, 1.807) is 17.9 Å². The molecule has 6 nitrogen and oxygen atoms in total. The number of hydrogen-bond acceptors (Lipinski definition) is 2. The Kier molecular flexibility index (Phi) is 4.65. The number of halogens is 1. The Labute approximate surface area is 145 Å². The van der Waals surface area contributed by atoms with Gasteiger partial charge in [-0.2, -0.15) is 0 Å². The number of carbonyl (C=O) groups is 2. The van der Waals surface area contributed by atoms with Gasteiger partial charge in [0.25, 0.3) is 0 Å². The van der Waals surface area contributed by atoms with Gasteiger partial charge in [0.15, 0.2) is 0 Å². The lowest BCUT2D eigenvalue weighted by atomic mass is 9.90. The summed E-state index contributed by atoms with van der Waals surface area (Å²) in [4.78, 5) is 28.0. The lowest BCUT2D eigenvalue weighted by Gasteiger charge is -2.20. The quantitative estimate of drug-likeness (QED) is 0.727. The average molecular weight is 347 g/mol. The summed E-state index contributed by atoms with van der Waals surface area (Å²) in [7, 11) is 0. The van der Waals surface area contributed by atoms with E-state index in [0.717, 1.165) is 29.3 Å². The Morgan fingerprint density at radius 2 is 2.24 bits per heavy atom. The van der Waals surface area contributed by atoms with Gasteiger partial charge in [-0.15, -0.1) is 0 Å². The first-order chi connectivity index (χ1) is 11.9. The molecule has 7 heteroatoms. The van der Waals surface area contributed by atoms with Crippen LogP contribution in [0.2, 0.25) is 0 Å². The number of benzene rings is 1. The predicted octanol–water partition coefficient (Wildman–Crippen LogP) is 2.75. The number of amides is 2. The minimum atomic E-state index is -0.866. The van der Waals surface area contributed by atoms with Gasteiger partial charge >= 0.3 is 12.0 Å². The maximum Gasteiger partial charge on any atom is 0.317 e. The predicted molar refractivity (Wildman–Crippen MR) is 91.9 cm³/mol. The van der Waals surface area contributed by atoms with Gasteiger partial charge in [-0.05, 0) is 49.9 Å². The van der Waals surface area contributed by atoms with Gasteiger partial charge < -0.3 is 20.3 Å². The van der Waals surface area contributed by atoms with E-state index >= 15 is 0 Å². The second-order valence-corrected chi connectivity index (χ2v) is 6.88. The summed E-state index contributed by atoms with van der Waals surface area (Å²) in [6, 6.07) is 4.42. The molecule has 3 N–H and O–H groups in total. The molecule has 25 heavy (non-hydrogen) atoms. The fourth-order valence-electron chi connectivity index (χ4n) is 3.25. The SMILES string of the molecule is CC1(C(=O)O)CCN(C(=O)NCCCc2c[nH]c3ccc(F)cc23)C1. The van der Waals surface area contributed by atoms with Crippen molar-refractivity contribution in [3.8, 4) is 0 Å². The zero-order valence-corrected chi connectivity index (χ0v) is 14.1. The molecule has 0 saturated carbocycles. The lowest BCUT2D eigenvalue weighted by molar-refractivity contribution is -0.147. The molecule has 1 saturated heterocycles. The molecule has 0 spiro atoms. The topological polar surface area (TPSA) is 85.4 Å². The molecule has 1 aromatic heterocycles. The molecule has 1 unspecified atom stereocenters. The van der Waals surface area contributed by atoms with Crippen molar-refractivity contribution in [1.82, 2.24) is 15.2 Å². The second kappa shape index (κ2) is 6.74. The minimum Gasteiger partial charge on any atom is -0.481 e. The number of urea groups is 1. The summed E-state index contributed by atoms with van der Waals surface area (Å²) in [5.74, 6) is -1.13. The second-order valence-electron chi connectivity index (χ2n) is 6.88. The number of aromatic nitrogens is 1. The highest BCUT2D eigenvalue weighted by atomic mass is 19.1. The number of aryl methyl sites for hydroxylation is 1. The monoisotopic (exact) mass is 347 g/mol. The first-order valence-electron chi connectivity index (χ1n) is 8.41. The molecular formula is C18H22FN3O3. The van der Waals surface area contributed by atoms with Crippen molar-refractivity contribution in [3.05, 3.63) is 35.8 Å². The third-order valence-corrected chi connectivity index (χ3v) is 4.91. The van der Waals surface area contributed by atoms with Crippen molar-refractivity contribution in [3.63, 3.8) is 0 Å². The van der Waals surface area contributed by atoms with Gasteiger partial charge in [-0.25, -0.2) is 9.18 Å². The molecular weight excluding hydrogens is 325 g/mol. The maximum absolute atomic E-state index is 13.4. The number of likely N-dealkylation sites (tertiary alicyclic amines) is 1. The molecule has 1 aromatic carbocycles. The molecule has 3 rings (SSSR count). The number of carboxylic acid groups (broad SMARTS) is 1. The number of aliphatic carboxylic acids is 1. The summed E-state index contributed by atoms with van der Waals surface area (Å²) in [6.45, 7) is 2.84. The Morgan fingerprint density at radius 3 is 2.96 bits per heavy atom. The number of H-pyrrole nitrogens is 1. The van der Waals surface area contributed by atoms with E-state index in [9.17, 15) is 19.1 Å². The molecule has 1 aliphatic rings. The zero-order chi connectivity index (χ0) is 18.0. The third kappa shape index (κ3) is 3.60. The van der Waals surface area contributed by atoms with Gasteiger partial charge in [0.05, 0.1) is 5.41 Å². The molecule has 134 valence electrons. The first-order valence-corrected chi connectivity index (χ1v) is 8.41. The molecule has 0 bridgehead atoms. The molecule has 2 aromatic rings. The smallest absolute Gasteiger partial charge is 0.317 e. The van der Waals surface area contributed by atoms with E-state index in [2.05, 4.69) is 10.3 Å². The van der Waals surface area contributed by atoms with Crippen molar-refractivity contribution >= 4 is 22.9 Å². The molecule has 1 aliphatic heterocycles. The van der Waals surface area contributed by atoms with Crippen molar-refractivity contribution in [1.29, 1.82) is 0 Å². The summed E-state index contributed by atoms with van der Waals surface area (Å²) < 4.78 is 13.4. The fourth-order valence-corrected chi connectivity index (χ4v) is 3.25. The van der Waals surface area contributed by atoms with Crippen LogP contribution in [-0.4, -0.2) is 46.6 Å². The van der Waals surface area contributed by atoms with Gasteiger partial charge in [-0.1, -0.05) is 0 Å². The molecule has 1 atom stereocenters. The summed E-state index contributed by atoms with van der Waals surface area (Å²) >= 11 is 0. The van der Waals surface area contributed by atoms with Crippen molar-refractivity contribution < 1.29 is 19.1 Å². The summed E-state index contributed by atoms with van der Waals surface area (Å²) in [5, 5.41) is 12.9. The Bertz CT molecular complexity index is 804. The number of rotatable bonds is 5. The van der Waals surface area contributed by atoms with Crippen LogP contribution in [0.5, 0.6) is 0 Å². The van der Waals surface area contributed by atoms with E-state index in [4.69, 9.17) is 0 Å². The third-order valence-electron chi connectivity index (χ3n) is 4.91. The number of hydrogen-bond donors (Lipinski definition) is 3. The fraction of sp³-hybridized carbons (Fsp3) is 0.444. The van der Waals surface area contributed by atoms with Crippen molar-refractivity contribution in [2.24, 2.45) is 5.41 Å². The van der Waals surface area contributed by atoms with Crippen LogP contribution in [0.3, 0.4) is 0 Å². The number of carbonyl (C=O) groups excluding carboxylic acids is 1. The first kappa shape index (κ1) is 17.3. The molecule has 2 amide bonds. The Hall–Kier alpha value is -2.57. The van der Waals surface area contributed by atoms with Crippen LogP contribution in [0.25, 0.3) is 10.9 Å². The van der Waals surface area contributed by atoms with Gasteiger partial charge in [-0.3, -0.25) is 4.79 Å². The molecule has 1 fully saturated rings. The standard InChI is InChI=1S/C18H22FN3O3/c1-18(16(23)24)6-8-22(11-18)17(25)20-7-2-3-12-10-21-15-5-4-13(19)9-14(12)15/h4-5,9-10,21H,2-3,6-8,11H2,1H3,(H,20,25)(H,23,24). The largest absolute Gasteiger partial charge is 0.481 e. The summed E-state index contributed by atoms with van der Waals surface area (Å²) in [5.41, 5.74) is 1.06. The van der Waals surface area contributed by atoms with Gasteiger partial charge in [0.2, 0.25) is 0 Å². The normalized spacial score (nSPS) is 20.2. The van der Waals surface area contributed by atoms with Crippen LogP contribution in [0.4, 0.5) is 9.18 Å². The van der Waals surface area contributed by atoms with Crippen molar-refractivity contribution in [2.75, 3.05) is 19.6 Å². The highest BCUT2D eigenvalue weighted by Gasteiger charge is 2.42. The van der Waals surface area contributed by atoms with E-state index in [1.165, 1.54) is 12.1 Å². The number of carboxylic acids is 1. The molecule has 0 aliphatic carbocycles. The maximum atomic E-state index is 13.4. The number of aromatic amines is 1. The van der Waals surface area contributed by atoms with Crippen LogP contribution in [0.1, 0.15) is 25.3 Å². The van der Waals surface area contributed by atoms with Crippen LogP contribution in [-0.2, 0) is 11.2 Å². The zero-order valence-electron chi connectivity index (χ0n) is 14.1. The van der Waals surface area contributed by atoms with Crippen LogP contribution >= 0.6 is 0 Å². The minimum absolute atomic E-state index is 0.227. The van der Waals surface area contributed by atoms with E-state index in [1.807, 2.05) is 6.20 Å². The van der Waals surface area contributed by atoms with Crippen molar-refractivity contribution in [2.45, 2.75) is 26.2 Å². The highest BCUT2D eigenvalue weighted by molar-refractivity contribution is 5.83. The molecule has 0 radical (unpaired) electrons. The van der Waals surface area contributed by atoms with Crippen LogP contribution in [0, 0.1) is 11.2 Å². The van der Waals surface area contributed by atoms with Gasteiger partial charge in [0.1, 0.15) is 5.82 Å². The van der Waals surface area contributed by atoms with Crippen LogP contribution < -0.4 is 5.32 Å². The Balaban J connectivity index is 1.48. The number of nitrogens with one attached hydrogen (secondary N) is 2. The highest BCUT2D eigenvalue weighted by Crippen LogP contribution is 2.30. The lowest BCUT2D eigenvalue weighted by Crippen LogP contribution is -2.41. The number of nitrogens with zero attached hydrogens (tertiary/aromatic N) is 1. The molecule has 2 heterocycles. The van der Waals surface area contributed by atoms with E-state index in [0.29, 0.717) is 19.5 Å². The Morgan fingerprint density at radius 1 is 1.44 bits per heavy atom. The van der Waals surface area contributed by atoms with E-state index < -0.39 is 11.4 Å². The number of fused-ring (bicyclic) bond motifs is 1. The summed E-state index contributed by atoms with van der Waals surface area (Å²) in [6.07, 6.45) is 3.77. The van der Waals surface area contributed by atoms with Crippen LogP contribution in [0.15, 0.2) is 24.4 Å².